The van der Waals surface area contributed by atoms with E-state index >= 15 is 0 Å². The van der Waals surface area contributed by atoms with Crippen molar-refractivity contribution in [2.24, 2.45) is 0 Å². The van der Waals surface area contributed by atoms with Crippen molar-refractivity contribution >= 4 is 28.6 Å². The van der Waals surface area contributed by atoms with E-state index in [9.17, 15) is 0 Å². The maximum Gasteiger partial charge on any atom is 0.0136 e. The normalized spacial score (nSPS) is 20.3. The first-order chi connectivity index (χ1) is 8.97. The van der Waals surface area contributed by atoms with E-state index in [1.54, 1.807) is 7.87 Å². The van der Waals surface area contributed by atoms with Crippen LogP contribution in [0, 0.1) is 0 Å². The van der Waals surface area contributed by atoms with E-state index in [4.69, 9.17) is 0 Å². The molecule has 0 nitrogen and oxygen atoms in total. The van der Waals surface area contributed by atoms with Crippen LogP contribution in [-0.2, 0) is 0 Å². The maximum atomic E-state index is 2.36. The van der Waals surface area contributed by atoms with E-state index in [1.807, 2.05) is 0 Å². The molecule has 1 aliphatic heterocycles. The van der Waals surface area contributed by atoms with Crippen LogP contribution in [0.25, 0.3) is 0 Å². The van der Waals surface area contributed by atoms with Crippen LogP contribution in [0.2, 0.25) is 0 Å². The quantitative estimate of drug-likeness (QED) is 0.526. The molecule has 0 bridgehead atoms. The molecule has 0 aromatic heterocycles. The van der Waals surface area contributed by atoms with Gasteiger partial charge in [0.25, 0.3) is 0 Å². The minimum Gasteiger partial charge on any atom is -0.0836 e. The second-order valence-corrected chi connectivity index (χ2v) is 9.60. The van der Waals surface area contributed by atoms with Gasteiger partial charge in [0, 0.05) is 5.29 Å². The molecule has 1 aromatic carbocycles. The molecular weight excluding hydrogens is 273 g/mol. The highest BCUT2D eigenvalue weighted by molar-refractivity contribution is 8.24. The molecule has 0 spiro atoms. The third kappa shape index (κ3) is 5.16. The van der Waals surface area contributed by atoms with Crippen LogP contribution in [0.4, 0.5) is 0 Å². The number of benzene rings is 1. The summed E-state index contributed by atoms with van der Waals surface area (Å²) in [5.41, 5.74) is 1.38. The number of rotatable bonds is 1. The molecule has 94 valence electrons. The fraction of sp³-hybridized carbons (Fsp3) is 0.400. The first kappa shape index (κ1) is 14.1. The van der Waals surface area contributed by atoms with E-state index in [1.165, 1.54) is 64.6 Å². The lowest BCUT2D eigenvalue weighted by atomic mass is 10.1. The van der Waals surface area contributed by atoms with Crippen molar-refractivity contribution in [3.63, 3.8) is 0 Å². The summed E-state index contributed by atoms with van der Waals surface area (Å²) in [5, 5.41) is 1.48. The monoisotopic (exact) mass is 292 g/mol. The van der Waals surface area contributed by atoms with Crippen LogP contribution < -0.4 is 0 Å². The average Bonchev–Trinajstić information content (AvgIpc) is 2.40. The molecule has 0 radical (unpaired) electrons. The topological polar surface area (TPSA) is 0 Å². The molecule has 0 aliphatic carbocycles. The van der Waals surface area contributed by atoms with Gasteiger partial charge in [-0.15, -0.1) is 0 Å². The van der Waals surface area contributed by atoms with E-state index in [0.29, 0.717) is 0 Å². The molecule has 3 heteroatoms. The zero-order valence-electron chi connectivity index (χ0n) is 10.6. The van der Waals surface area contributed by atoms with Crippen molar-refractivity contribution < 1.29 is 0 Å². The second kappa shape index (κ2) is 8.77. The van der Waals surface area contributed by atoms with Crippen LogP contribution in [0.15, 0.2) is 42.5 Å². The number of allylic oxidation sites excluding steroid dienone is 2. The van der Waals surface area contributed by atoms with E-state index in [2.05, 4.69) is 42.5 Å². The highest BCUT2D eigenvalue weighted by Gasteiger charge is 1.97. The van der Waals surface area contributed by atoms with Crippen LogP contribution >= 0.6 is 23.3 Å². The van der Waals surface area contributed by atoms with Gasteiger partial charge in [0.2, 0.25) is 0 Å². The van der Waals surface area contributed by atoms with Gasteiger partial charge in [-0.05, 0) is 46.4 Å². The third-order valence-electron chi connectivity index (χ3n) is 2.94. The molecule has 2 rings (SSSR count). The Bertz CT molecular complexity index is 432. The van der Waals surface area contributed by atoms with Crippen LogP contribution in [-0.4, -0.2) is 11.5 Å². The lowest BCUT2D eigenvalue weighted by Gasteiger charge is -2.02. The predicted octanol–water partition coefficient (Wildman–Crippen LogP) is 6.40. The number of hydrogen-bond acceptors (Lipinski definition) is 0. The Morgan fingerprint density at radius 1 is 0.889 bits per heavy atom. The minimum atomic E-state index is 1.24. The van der Waals surface area contributed by atoms with Gasteiger partial charge in [-0.3, -0.25) is 0 Å². The van der Waals surface area contributed by atoms with Crippen molar-refractivity contribution in [2.45, 2.75) is 32.1 Å². The van der Waals surface area contributed by atoms with Gasteiger partial charge < -0.3 is 0 Å². The van der Waals surface area contributed by atoms with Gasteiger partial charge in [0.15, 0.2) is 0 Å². The molecule has 1 aromatic rings. The summed E-state index contributed by atoms with van der Waals surface area (Å²) in [5.74, 6) is 0. The van der Waals surface area contributed by atoms with Gasteiger partial charge in [0.05, 0.1) is 0 Å². The lowest BCUT2D eigenvalue weighted by molar-refractivity contribution is 0.678. The fourth-order valence-electron chi connectivity index (χ4n) is 1.91. The highest BCUT2D eigenvalue weighted by Crippen LogP contribution is 2.33. The molecule has 0 atom stereocenters. The summed E-state index contributed by atoms with van der Waals surface area (Å²) >= 11 is 0. The summed E-state index contributed by atoms with van der Waals surface area (Å²) in [6.07, 6.45) is 12.9. The second-order valence-electron chi connectivity index (χ2n) is 4.41. The van der Waals surface area contributed by atoms with E-state index < -0.39 is 0 Å². The largest absolute Gasteiger partial charge is 0.0836 e. The van der Waals surface area contributed by atoms with Crippen LogP contribution in [0.3, 0.4) is 0 Å². The molecule has 1 aliphatic rings. The summed E-state index contributed by atoms with van der Waals surface area (Å²) in [6, 6.07) is 10.8. The molecular formula is C15H19P3. The van der Waals surface area contributed by atoms with Gasteiger partial charge >= 0.3 is 0 Å². The van der Waals surface area contributed by atoms with E-state index in [0.717, 1.165) is 0 Å². The van der Waals surface area contributed by atoms with Crippen LogP contribution in [0.1, 0.15) is 37.7 Å². The van der Waals surface area contributed by atoms with Crippen molar-refractivity contribution in [3.8, 4) is 0 Å². The average molecular weight is 292 g/mol. The summed E-state index contributed by atoms with van der Waals surface area (Å²) in [6.45, 7) is 0. The molecule has 0 saturated heterocycles. The predicted molar refractivity (Wildman–Crippen MR) is 88.4 cm³/mol. The van der Waals surface area contributed by atoms with Crippen molar-refractivity contribution in [3.05, 3.63) is 48.0 Å². The zero-order valence-corrected chi connectivity index (χ0v) is 13.3. The minimum absolute atomic E-state index is 1.24. The Morgan fingerprint density at radius 2 is 1.72 bits per heavy atom. The smallest absolute Gasteiger partial charge is 0.0136 e. The van der Waals surface area contributed by atoms with Gasteiger partial charge in [-0.1, -0.05) is 63.2 Å². The Labute approximate surface area is 115 Å². The Hall–Kier alpha value is -0.270. The first-order valence-corrected chi connectivity index (χ1v) is 10.9. The molecule has 0 unspecified atom stereocenters. The molecule has 0 amide bonds. The Morgan fingerprint density at radius 3 is 2.61 bits per heavy atom. The summed E-state index contributed by atoms with van der Waals surface area (Å²) in [4.78, 5) is 0. The van der Waals surface area contributed by atoms with Gasteiger partial charge in [0.1, 0.15) is 0 Å². The van der Waals surface area contributed by atoms with Crippen molar-refractivity contribution in [2.75, 3.05) is 6.16 Å². The molecule has 18 heavy (non-hydrogen) atoms. The third-order valence-corrected chi connectivity index (χ3v) is 8.13. The number of hydrogen-bond donors (Lipinski definition) is 0. The lowest BCUT2D eigenvalue weighted by Crippen LogP contribution is -1.91. The summed E-state index contributed by atoms with van der Waals surface area (Å²) < 4.78 is 0. The standard InChI is InChI=1S/C15H19P3/c1-2-4-9-13-16-18-17-15(12-8-3-1)14-10-6-5-7-11-14/h5-8,10-12H,1-4,9,13H2. The van der Waals surface area contributed by atoms with Crippen LogP contribution in [0.5, 0.6) is 0 Å². The van der Waals surface area contributed by atoms with Gasteiger partial charge in [-0.25, -0.2) is 0 Å². The van der Waals surface area contributed by atoms with Crippen molar-refractivity contribution in [1.82, 2.24) is 0 Å². The van der Waals surface area contributed by atoms with Crippen molar-refractivity contribution in [1.29, 1.82) is 0 Å². The zero-order chi connectivity index (χ0) is 12.5. The molecule has 0 N–H and O–H groups in total. The Kier molecular flexibility index (Phi) is 6.89. The molecule has 0 saturated carbocycles. The first-order valence-electron chi connectivity index (χ1n) is 6.63. The van der Waals surface area contributed by atoms with E-state index in [-0.39, 0.29) is 0 Å². The highest BCUT2D eigenvalue weighted by atomic mass is 32.2. The molecule has 1 heterocycles. The molecule has 0 fully saturated rings. The summed E-state index contributed by atoms with van der Waals surface area (Å²) in [7, 11) is 4.58. The van der Waals surface area contributed by atoms with Gasteiger partial charge in [-0.2, -0.15) is 0 Å². The maximum absolute atomic E-state index is 2.36. The fourth-order valence-corrected chi connectivity index (χ4v) is 6.92. The SMILES string of the molecule is C1=CC(c2ccccc2)=PP=PCCCCCC1. The Balaban J connectivity index is 2.16.